The number of rotatable bonds is 3. The minimum atomic E-state index is -0.272. The highest BCUT2D eigenvalue weighted by molar-refractivity contribution is 5.82. The molecule has 1 aliphatic rings. The summed E-state index contributed by atoms with van der Waals surface area (Å²) < 4.78 is 5.52. The van der Waals surface area contributed by atoms with Gasteiger partial charge in [-0.25, -0.2) is 4.79 Å². The minimum absolute atomic E-state index is 0.272. The second kappa shape index (κ2) is 7.63. The van der Waals surface area contributed by atoms with Crippen molar-refractivity contribution in [2.45, 2.75) is 25.9 Å². The Morgan fingerprint density at radius 1 is 0.957 bits per heavy atom. The normalized spacial score (nSPS) is 14.8. The van der Waals surface area contributed by atoms with E-state index in [4.69, 9.17) is 4.74 Å². The molecular formula is C20H21NO2. The monoisotopic (exact) mass is 307 g/mol. The van der Waals surface area contributed by atoms with Crippen LogP contribution in [0.5, 0.6) is 0 Å². The number of carbonyl (C=O) groups is 1. The first-order chi connectivity index (χ1) is 11.3. The molecule has 1 aliphatic heterocycles. The Morgan fingerprint density at radius 2 is 1.65 bits per heavy atom. The fourth-order valence-corrected chi connectivity index (χ4v) is 2.75. The van der Waals surface area contributed by atoms with Crippen molar-refractivity contribution in [2.75, 3.05) is 6.54 Å². The van der Waals surface area contributed by atoms with Crippen LogP contribution < -0.4 is 0 Å². The van der Waals surface area contributed by atoms with E-state index in [1.807, 2.05) is 60.7 Å². The molecule has 0 unspecified atom stereocenters. The topological polar surface area (TPSA) is 29.5 Å². The molecule has 1 heterocycles. The molecule has 0 atom stereocenters. The lowest BCUT2D eigenvalue weighted by Crippen LogP contribution is -2.30. The van der Waals surface area contributed by atoms with Crippen LogP contribution in [0.4, 0.5) is 4.79 Å². The largest absolute Gasteiger partial charge is 0.444 e. The van der Waals surface area contributed by atoms with Gasteiger partial charge in [0, 0.05) is 6.54 Å². The first kappa shape index (κ1) is 15.3. The van der Waals surface area contributed by atoms with Crippen LogP contribution in [0.1, 0.15) is 30.4 Å². The molecule has 0 bridgehead atoms. The van der Waals surface area contributed by atoms with E-state index in [9.17, 15) is 4.79 Å². The number of nitrogens with zero attached hydrogens (tertiary/aromatic N) is 1. The number of hydrogen-bond acceptors (Lipinski definition) is 2. The second-order valence-electron chi connectivity index (χ2n) is 5.64. The molecule has 118 valence electrons. The van der Waals surface area contributed by atoms with E-state index in [0.29, 0.717) is 13.2 Å². The van der Waals surface area contributed by atoms with Crippen LogP contribution in [-0.4, -0.2) is 17.5 Å². The molecule has 3 nitrogen and oxygen atoms in total. The minimum Gasteiger partial charge on any atom is -0.444 e. The Morgan fingerprint density at radius 3 is 2.39 bits per heavy atom. The second-order valence-corrected chi connectivity index (χ2v) is 5.64. The van der Waals surface area contributed by atoms with E-state index in [1.54, 1.807) is 4.90 Å². The van der Waals surface area contributed by atoms with Crippen molar-refractivity contribution in [1.29, 1.82) is 0 Å². The molecule has 2 aromatic rings. The van der Waals surface area contributed by atoms with Crippen molar-refractivity contribution >= 4 is 11.8 Å². The lowest BCUT2D eigenvalue weighted by molar-refractivity contribution is 0.113. The van der Waals surface area contributed by atoms with Gasteiger partial charge in [-0.3, -0.25) is 4.90 Å². The van der Waals surface area contributed by atoms with Crippen LogP contribution in [-0.2, 0) is 11.3 Å². The zero-order chi connectivity index (χ0) is 15.9. The van der Waals surface area contributed by atoms with Gasteiger partial charge in [0.2, 0.25) is 0 Å². The van der Waals surface area contributed by atoms with Gasteiger partial charge in [-0.05, 0) is 30.4 Å². The summed E-state index contributed by atoms with van der Waals surface area (Å²) >= 11 is 0. The molecule has 0 N–H and O–H groups in total. The van der Waals surface area contributed by atoms with E-state index in [1.165, 1.54) is 0 Å². The van der Waals surface area contributed by atoms with Crippen LogP contribution >= 0.6 is 0 Å². The average Bonchev–Trinajstić information content (AvgIpc) is 2.87. The van der Waals surface area contributed by atoms with Crippen LogP contribution in [0.25, 0.3) is 5.70 Å². The lowest BCUT2D eigenvalue weighted by Gasteiger charge is -2.24. The number of benzene rings is 2. The Balaban J connectivity index is 1.74. The summed E-state index contributed by atoms with van der Waals surface area (Å²) in [6, 6.07) is 19.8. The lowest BCUT2D eigenvalue weighted by atomic mass is 10.1. The van der Waals surface area contributed by atoms with Gasteiger partial charge in [-0.15, -0.1) is 0 Å². The van der Waals surface area contributed by atoms with E-state index >= 15 is 0 Å². The quantitative estimate of drug-likeness (QED) is 0.811. The summed E-state index contributed by atoms with van der Waals surface area (Å²) in [6.45, 7) is 1.01. The van der Waals surface area contributed by atoms with Gasteiger partial charge >= 0.3 is 6.09 Å². The average molecular weight is 307 g/mol. The number of allylic oxidation sites excluding steroid dienone is 1. The number of amides is 1. The van der Waals surface area contributed by atoms with E-state index < -0.39 is 0 Å². The Bertz CT molecular complexity index is 665. The highest BCUT2D eigenvalue weighted by atomic mass is 16.6. The van der Waals surface area contributed by atoms with E-state index in [2.05, 4.69) is 6.08 Å². The summed E-state index contributed by atoms with van der Waals surface area (Å²) in [7, 11) is 0. The molecule has 0 spiro atoms. The first-order valence-corrected chi connectivity index (χ1v) is 8.08. The first-order valence-electron chi connectivity index (χ1n) is 8.08. The SMILES string of the molecule is O=C(OCc1ccccc1)N1CCCCC=C1c1ccccc1. The Labute approximate surface area is 137 Å². The van der Waals surface area contributed by atoms with Crippen molar-refractivity contribution in [2.24, 2.45) is 0 Å². The van der Waals surface area contributed by atoms with Crippen LogP contribution in [0.15, 0.2) is 66.7 Å². The van der Waals surface area contributed by atoms with Gasteiger partial charge in [0.05, 0.1) is 5.70 Å². The van der Waals surface area contributed by atoms with Crippen LogP contribution in [0.3, 0.4) is 0 Å². The fraction of sp³-hybridized carbons (Fsp3) is 0.250. The summed E-state index contributed by atoms with van der Waals surface area (Å²) in [5, 5.41) is 0. The van der Waals surface area contributed by atoms with Gasteiger partial charge in [-0.1, -0.05) is 66.7 Å². The highest BCUT2D eigenvalue weighted by Crippen LogP contribution is 2.25. The maximum Gasteiger partial charge on any atom is 0.414 e. The van der Waals surface area contributed by atoms with E-state index in [-0.39, 0.29) is 6.09 Å². The summed E-state index contributed by atoms with van der Waals surface area (Å²) in [5.74, 6) is 0. The fourth-order valence-electron chi connectivity index (χ4n) is 2.75. The molecule has 23 heavy (non-hydrogen) atoms. The molecular weight excluding hydrogens is 286 g/mol. The maximum absolute atomic E-state index is 12.6. The molecule has 3 rings (SSSR count). The highest BCUT2D eigenvalue weighted by Gasteiger charge is 2.22. The summed E-state index contributed by atoms with van der Waals surface area (Å²) in [4.78, 5) is 14.3. The standard InChI is InChI=1S/C20H21NO2/c22-20(23-16-17-10-4-1-5-11-17)21-15-9-3-8-14-19(21)18-12-6-2-7-13-18/h1-2,4-7,10-14H,3,8-9,15-16H2. The number of hydrogen-bond donors (Lipinski definition) is 0. The van der Waals surface area contributed by atoms with Crippen LogP contribution in [0.2, 0.25) is 0 Å². The van der Waals surface area contributed by atoms with Gasteiger partial charge in [0.25, 0.3) is 0 Å². The third-order valence-electron chi connectivity index (χ3n) is 3.96. The van der Waals surface area contributed by atoms with Crippen molar-refractivity contribution in [1.82, 2.24) is 4.90 Å². The number of ether oxygens (including phenoxy) is 1. The van der Waals surface area contributed by atoms with Gasteiger partial charge in [0.1, 0.15) is 6.61 Å². The van der Waals surface area contributed by atoms with Gasteiger partial charge < -0.3 is 4.74 Å². The molecule has 0 radical (unpaired) electrons. The summed E-state index contributed by atoms with van der Waals surface area (Å²) in [6.07, 6.45) is 4.95. The molecule has 0 aliphatic carbocycles. The van der Waals surface area contributed by atoms with Crippen molar-refractivity contribution in [3.63, 3.8) is 0 Å². The Kier molecular flexibility index (Phi) is 5.09. The molecule has 0 saturated carbocycles. The smallest absolute Gasteiger partial charge is 0.414 e. The third kappa shape index (κ3) is 4.01. The van der Waals surface area contributed by atoms with Crippen molar-refractivity contribution in [3.05, 3.63) is 77.9 Å². The Hall–Kier alpha value is -2.55. The molecule has 0 aromatic heterocycles. The van der Waals surface area contributed by atoms with Crippen molar-refractivity contribution < 1.29 is 9.53 Å². The summed E-state index contributed by atoms with van der Waals surface area (Å²) in [5.41, 5.74) is 3.02. The molecule has 1 amide bonds. The molecule has 0 fully saturated rings. The van der Waals surface area contributed by atoms with Crippen molar-refractivity contribution in [3.8, 4) is 0 Å². The maximum atomic E-state index is 12.6. The zero-order valence-electron chi connectivity index (χ0n) is 13.2. The van der Waals surface area contributed by atoms with Gasteiger partial charge in [-0.2, -0.15) is 0 Å². The molecule has 0 saturated heterocycles. The van der Waals surface area contributed by atoms with Crippen LogP contribution in [0, 0.1) is 0 Å². The van der Waals surface area contributed by atoms with Gasteiger partial charge in [0.15, 0.2) is 0 Å². The molecule has 2 aromatic carbocycles. The van der Waals surface area contributed by atoms with E-state index in [0.717, 1.165) is 36.1 Å². The predicted octanol–water partition coefficient (Wildman–Crippen LogP) is 4.85. The third-order valence-corrected chi connectivity index (χ3v) is 3.96. The molecule has 3 heteroatoms. The number of carbonyl (C=O) groups excluding carboxylic acids is 1. The predicted molar refractivity (Wildman–Crippen MR) is 91.6 cm³/mol. The zero-order valence-corrected chi connectivity index (χ0v) is 13.2.